The lowest BCUT2D eigenvalue weighted by molar-refractivity contribution is 0.639. The largest absolute Gasteiger partial charge is 0.423 e. The second-order valence-electron chi connectivity index (χ2n) is 2.24. The van der Waals surface area contributed by atoms with Gasteiger partial charge in [0.25, 0.3) is 0 Å². The summed E-state index contributed by atoms with van der Waals surface area (Å²) in [5, 5.41) is 0. The predicted octanol–water partition coefficient (Wildman–Crippen LogP) is 3.89. The van der Waals surface area contributed by atoms with Crippen LogP contribution in [0, 0.1) is 0 Å². The highest BCUT2D eigenvalue weighted by molar-refractivity contribution is 7.43. The molecule has 0 N–H and O–H groups in total. The van der Waals surface area contributed by atoms with Gasteiger partial charge in [0, 0.05) is 14.9 Å². The summed E-state index contributed by atoms with van der Waals surface area (Å²) in [6, 6.07) is 9.67. The fourth-order valence-corrected chi connectivity index (χ4v) is 1.75. The normalized spacial score (nSPS) is 11.1. The summed E-state index contributed by atoms with van der Waals surface area (Å²) in [5.41, 5.74) is 0. The Morgan fingerprint density at radius 2 is 2.23 bits per heavy atom. The van der Waals surface area contributed by atoms with E-state index in [4.69, 9.17) is 4.52 Å². The van der Waals surface area contributed by atoms with Crippen LogP contribution in [0.5, 0.6) is 5.75 Å². The van der Waals surface area contributed by atoms with Crippen molar-refractivity contribution in [2.75, 3.05) is 6.16 Å². The van der Waals surface area contributed by atoms with E-state index in [0.717, 1.165) is 11.9 Å². The lowest BCUT2D eigenvalue weighted by Crippen LogP contribution is -1.71. The Morgan fingerprint density at radius 1 is 1.46 bits per heavy atom. The molecule has 0 spiro atoms. The Bertz CT molecular complexity index is 274. The van der Waals surface area contributed by atoms with Crippen LogP contribution in [-0.4, -0.2) is 6.16 Å². The molecule has 0 saturated heterocycles. The summed E-state index contributed by atoms with van der Waals surface area (Å²) in [4.78, 5) is 0. The van der Waals surface area contributed by atoms with Crippen LogP contribution < -0.4 is 4.52 Å². The van der Waals surface area contributed by atoms with Crippen LogP contribution in [0.1, 0.15) is 0 Å². The second kappa shape index (κ2) is 6.77. The number of nitrogens with zero attached hydrogens (tertiary/aromatic N) is 1. The summed E-state index contributed by atoms with van der Waals surface area (Å²) in [6.07, 6.45) is 2.80. The van der Waals surface area contributed by atoms with Crippen molar-refractivity contribution in [1.29, 1.82) is 0 Å². The van der Waals surface area contributed by atoms with Gasteiger partial charge in [-0.3, -0.25) is 0 Å². The SMILES string of the molecule is C=CCPN=POc1ccccc1. The Morgan fingerprint density at radius 3 is 2.92 bits per heavy atom. The molecule has 1 aromatic carbocycles. The van der Waals surface area contributed by atoms with Gasteiger partial charge in [-0.05, 0) is 12.1 Å². The number of allylic oxidation sites excluding steroid dienone is 1. The minimum absolute atomic E-state index is 0.554. The molecule has 13 heavy (non-hydrogen) atoms. The molecule has 1 atom stereocenters. The fraction of sp³-hybridized carbons (Fsp3) is 0.111. The van der Waals surface area contributed by atoms with E-state index in [1.807, 2.05) is 36.4 Å². The first kappa shape index (κ1) is 10.4. The highest BCUT2D eigenvalue weighted by Gasteiger charge is 1.86. The van der Waals surface area contributed by atoms with Crippen molar-refractivity contribution >= 4 is 17.3 Å². The molecule has 0 aromatic heterocycles. The summed E-state index contributed by atoms with van der Waals surface area (Å²) in [7, 11) is 1.23. The quantitative estimate of drug-likeness (QED) is 0.411. The molecule has 1 unspecified atom stereocenters. The Balaban J connectivity index is 2.26. The van der Waals surface area contributed by atoms with Gasteiger partial charge in [-0.2, -0.15) is 0 Å². The van der Waals surface area contributed by atoms with Crippen molar-refractivity contribution in [3.63, 3.8) is 0 Å². The molecule has 0 aliphatic carbocycles. The maximum absolute atomic E-state index is 5.33. The standard InChI is InChI=1S/C9H11NOP2/c1-2-8-12-10-13-11-9-6-4-3-5-7-9/h2-7,12H,1,8H2. The molecular weight excluding hydrogens is 200 g/mol. The Hall–Kier alpha value is -0.710. The van der Waals surface area contributed by atoms with E-state index in [0.29, 0.717) is 17.3 Å². The van der Waals surface area contributed by atoms with Crippen molar-refractivity contribution < 1.29 is 4.52 Å². The molecule has 0 fully saturated rings. The summed E-state index contributed by atoms with van der Waals surface area (Å²) in [5.74, 6) is 0.858. The van der Waals surface area contributed by atoms with Gasteiger partial charge in [0.15, 0.2) is 0 Å². The van der Waals surface area contributed by atoms with Crippen LogP contribution in [0.15, 0.2) is 47.5 Å². The molecule has 2 nitrogen and oxygen atoms in total. The third-order valence-corrected chi connectivity index (χ3v) is 2.89. The van der Waals surface area contributed by atoms with Crippen LogP contribution in [-0.2, 0) is 0 Å². The highest BCUT2D eigenvalue weighted by atomic mass is 31.1. The molecule has 0 saturated carbocycles. The molecule has 0 heterocycles. The summed E-state index contributed by atoms with van der Waals surface area (Å²) >= 11 is 0. The van der Waals surface area contributed by atoms with Gasteiger partial charge < -0.3 is 4.52 Å². The van der Waals surface area contributed by atoms with Gasteiger partial charge in [0.1, 0.15) is 5.75 Å². The zero-order valence-electron chi connectivity index (χ0n) is 7.18. The first-order valence-corrected chi connectivity index (χ1v) is 5.81. The van der Waals surface area contributed by atoms with Crippen molar-refractivity contribution in [2.24, 2.45) is 4.52 Å². The van der Waals surface area contributed by atoms with E-state index in [1.54, 1.807) is 0 Å². The van der Waals surface area contributed by atoms with Crippen molar-refractivity contribution in [3.8, 4) is 5.75 Å². The van der Waals surface area contributed by atoms with Crippen molar-refractivity contribution in [2.45, 2.75) is 0 Å². The first-order chi connectivity index (χ1) is 6.43. The third-order valence-electron chi connectivity index (χ3n) is 1.24. The molecule has 1 aromatic rings. The molecule has 68 valence electrons. The number of rotatable bonds is 5. The molecule has 1 rings (SSSR count). The van der Waals surface area contributed by atoms with Gasteiger partial charge in [-0.1, -0.05) is 24.3 Å². The minimum atomic E-state index is 0.554. The maximum Gasteiger partial charge on any atom is 0.245 e. The lowest BCUT2D eigenvalue weighted by atomic mass is 10.3. The van der Waals surface area contributed by atoms with Gasteiger partial charge in [-0.25, -0.2) is 4.52 Å². The van der Waals surface area contributed by atoms with Crippen LogP contribution in [0.4, 0.5) is 0 Å². The van der Waals surface area contributed by atoms with Crippen LogP contribution in [0.2, 0.25) is 0 Å². The van der Waals surface area contributed by atoms with E-state index in [1.165, 1.54) is 0 Å². The van der Waals surface area contributed by atoms with Gasteiger partial charge in [0.05, 0.1) is 0 Å². The second-order valence-corrected chi connectivity index (χ2v) is 4.11. The number of para-hydroxylation sites is 1. The van der Waals surface area contributed by atoms with Crippen molar-refractivity contribution in [1.82, 2.24) is 0 Å². The zero-order chi connectivity index (χ0) is 9.36. The van der Waals surface area contributed by atoms with Gasteiger partial charge in [0.2, 0.25) is 8.60 Å². The maximum atomic E-state index is 5.33. The smallest absolute Gasteiger partial charge is 0.245 e. The average Bonchev–Trinajstić information content (AvgIpc) is 2.19. The lowest BCUT2D eigenvalue weighted by Gasteiger charge is -1.94. The van der Waals surface area contributed by atoms with Gasteiger partial charge in [-0.15, -0.1) is 6.58 Å². The number of benzene rings is 1. The summed E-state index contributed by atoms with van der Waals surface area (Å²) in [6.45, 7) is 3.62. The van der Waals surface area contributed by atoms with E-state index in [2.05, 4.69) is 11.1 Å². The molecule has 0 amide bonds. The number of hydrogen-bond acceptors (Lipinski definition) is 2. The Kier molecular flexibility index (Phi) is 5.40. The van der Waals surface area contributed by atoms with Crippen LogP contribution in [0.3, 0.4) is 0 Å². The van der Waals surface area contributed by atoms with E-state index < -0.39 is 0 Å². The zero-order valence-corrected chi connectivity index (χ0v) is 9.08. The topological polar surface area (TPSA) is 21.6 Å². The molecule has 4 heteroatoms. The minimum Gasteiger partial charge on any atom is -0.423 e. The molecule has 0 bridgehead atoms. The highest BCUT2D eigenvalue weighted by Crippen LogP contribution is 2.21. The fourth-order valence-electron chi connectivity index (χ4n) is 0.683. The monoisotopic (exact) mass is 211 g/mol. The summed E-state index contributed by atoms with van der Waals surface area (Å²) < 4.78 is 9.49. The van der Waals surface area contributed by atoms with Gasteiger partial charge >= 0.3 is 0 Å². The van der Waals surface area contributed by atoms with E-state index >= 15 is 0 Å². The number of hydrogen-bond donors (Lipinski definition) is 0. The average molecular weight is 211 g/mol. The first-order valence-electron chi connectivity index (χ1n) is 3.89. The Labute approximate surface area is 81.8 Å². The van der Waals surface area contributed by atoms with E-state index in [-0.39, 0.29) is 0 Å². The van der Waals surface area contributed by atoms with Crippen molar-refractivity contribution in [3.05, 3.63) is 43.0 Å². The molecule has 0 aliphatic heterocycles. The predicted molar refractivity (Wildman–Crippen MR) is 59.8 cm³/mol. The third kappa shape index (κ3) is 4.77. The molecule has 0 radical (unpaired) electrons. The van der Waals surface area contributed by atoms with Crippen LogP contribution in [0.25, 0.3) is 0 Å². The molecular formula is C9H11NOP2. The molecule has 0 aliphatic rings. The van der Waals surface area contributed by atoms with E-state index in [9.17, 15) is 0 Å². The van der Waals surface area contributed by atoms with Crippen LogP contribution >= 0.6 is 17.3 Å².